The molecule has 14 heavy (non-hydrogen) atoms. The summed E-state index contributed by atoms with van der Waals surface area (Å²) in [6, 6.07) is 0.190. The highest BCUT2D eigenvalue weighted by Gasteiger charge is 2.30. The lowest BCUT2D eigenvalue weighted by Gasteiger charge is -2.35. The van der Waals surface area contributed by atoms with Gasteiger partial charge in [0.05, 0.1) is 5.75 Å². The smallest absolute Gasteiger partial charge is 0.212 e. The van der Waals surface area contributed by atoms with Gasteiger partial charge in [-0.15, -0.1) is 0 Å². The molecule has 0 aromatic heterocycles. The first-order valence-corrected chi connectivity index (χ1v) is 7.07. The van der Waals surface area contributed by atoms with Gasteiger partial charge in [0, 0.05) is 12.6 Å². The van der Waals surface area contributed by atoms with Crippen LogP contribution in [-0.2, 0) is 10.0 Å². The number of piperidine rings is 1. The first-order valence-electron chi connectivity index (χ1n) is 5.47. The number of sulfonamides is 1. The molecule has 1 aliphatic rings. The quantitative estimate of drug-likeness (QED) is 0.726. The molecule has 0 aromatic carbocycles. The summed E-state index contributed by atoms with van der Waals surface area (Å²) in [6.45, 7) is 6.84. The fourth-order valence-corrected chi connectivity index (χ4v) is 3.94. The standard InChI is InChI=1S/C10H21NO2S/c1-4-7-14(12,13)11-6-5-9(2)8-10(11)3/h9-10H,4-8H2,1-3H3. The lowest BCUT2D eigenvalue weighted by Crippen LogP contribution is -2.44. The van der Waals surface area contributed by atoms with Crippen molar-refractivity contribution >= 4 is 10.0 Å². The van der Waals surface area contributed by atoms with Gasteiger partial charge in [-0.2, -0.15) is 4.31 Å². The molecule has 0 saturated carbocycles. The maximum Gasteiger partial charge on any atom is 0.214 e. The summed E-state index contributed by atoms with van der Waals surface area (Å²) in [4.78, 5) is 0. The molecule has 4 heteroatoms. The van der Waals surface area contributed by atoms with E-state index in [0.29, 0.717) is 24.6 Å². The van der Waals surface area contributed by atoms with E-state index in [1.807, 2.05) is 13.8 Å². The van der Waals surface area contributed by atoms with Gasteiger partial charge in [-0.05, 0) is 32.1 Å². The van der Waals surface area contributed by atoms with E-state index in [9.17, 15) is 8.42 Å². The van der Waals surface area contributed by atoms with E-state index in [0.717, 1.165) is 12.8 Å². The van der Waals surface area contributed by atoms with Gasteiger partial charge in [0.15, 0.2) is 0 Å². The van der Waals surface area contributed by atoms with Crippen LogP contribution in [0.2, 0.25) is 0 Å². The lowest BCUT2D eigenvalue weighted by molar-refractivity contribution is 0.220. The van der Waals surface area contributed by atoms with Gasteiger partial charge in [0.1, 0.15) is 0 Å². The van der Waals surface area contributed by atoms with Crippen LogP contribution in [0.4, 0.5) is 0 Å². The Morgan fingerprint density at radius 3 is 2.50 bits per heavy atom. The second-order valence-corrected chi connectivity index (χ2v) is 6.45. The Morgan fingerprint density at radius 2 is 2.00 bits per heavy atom. The van der Waals surface area contributed by atoms with Gasteiger partial charge in [0.25, 0.3) is 0 Å². The first-order chi connectivity index (χ1) is 6.47. The van der Waals surface area contributed by atoms with Crippen molar-refractivity contribution in [2.75, 3.05) is 12.3 Å². The zero-order valence-electron chi connectivity index (χ0n) is 9.36. The third kappa shape index (κ3) is 2.70. The van der Waals surface area contributed by atoms with Crippen LogP contribution in [0.5, 0.6) is 0 Å². The van der Waals surface area contributed by atoms with Crippen LogP contribution in [0, 0.1) is 5.92 Å². The Morgan fingerprint density at radius 1 is 1.36 bits per heavy atom. The molecule has 2 unspecified atom stereocenters. The molecule has 0 N–H and O–H groups in total. The summed E-state index contributed by atoms with van der Waals surface area (Å²) in [5, 5.41) is 0. The number of nitrogens with zero attached hydrogens (tertiary/aromatic N) is 1. The summed E-state index contributed by atoms with van der Waals surface area (Å²) in [7, 11) is -2.97. The molecule has 1 heterocycles. The van der Waals surface area contributed by atoms with Crippen molar-refractivity contribution in [1.29, 1.82) is 0 Å². The molecule has 3 nitrogen and oxygen atoms in total. The molecule has 0 spiro atoms. The molecular weight excluding hydrogens is 198 g/mol. The normalized spacial score (nSPS) is 30.5. The van der Waals surface area contributed by atoms with E-state index in [1.165, 1.54) is 0 Å². The van der Waals surface area contributed by atoms with Crippen molar-refractivity contribution in [3.05, 3.63) is 0 Å². The Bertz CT molecular complexity index is 274. The van der Waals surface area contributed by atoms with Crippen molar-refractivity contribution < 1.29 is 8.42 Å². The minimum Gasteiger partial charge on any atom is -0.212 e. The molecule has 0 radical (unpaired) electrons. The van der Waals surface area contributed by atoms with Crippen molar-refractivity contribution in [2.45, 2.75) is 46.1 Å². The SMILES string of the molecule is CCCS(=O)(=O)N1CCC(C)CC1C. The van der Waals surface area contributed by atoms with E-state index < -0.39 is 10.0 Å². The second-order valence-electron chi connectivity index (χ2n) is 4.41. The summed E-state index contributed by atoms with van der Waals surface area (Å²) in [5.74, 6) is 0.962. The third-order valence-corrected chi connectivity index (χ3v) is 5.08. The van der Waals surface area contributed by atoms with E-state index in [-0.39, 0.29) is 6.04 Å². The fourth-order valence-electron chi connectivity index (χ4n) is 2.17. The van der Waals surface area contributed by atoms with Gasteiger partial charge < -0.3 is 0 Å². The molecule has 0 amide bonds. The van der Waals surface area contributed by atoms with Crippen LogP contribution in [0.15, 0.2) is 0 Å². The largest absolute Gasteiger partial charge is 0.214 e. The highest BCUT2D eigenvalue weighted by Crippen LogP contribution is 2.24. The molecule has 0 aliphatic carbocycles. The molecule has 1 aliphatic heterocycles. The molecular formula is C10H21NO2S. The van der Waals surface area contributed by atoms with Crippen molar-refractivity contribution in [3.63, 3.8) is 0 Å². The van der Waals surface area contributed by atoms with Gasteiger partial charge in [-0.25, -0.2) is 8.42 Å². The molecule has 2 atom stereocenters. The van der Waals surface area contributed by atoms with Gasteiger partial charge in [-0.1, -0.05) is 13.8 Å². The zero-order valence-corrected chi connectivity index (χ0v) is 10.2. The molecule has 84 valence electrons. The van der Waals surface area contributed by atoms with Crippen LogP contribution in [0.3, 0.4) is 0 Å². The highest BCUT2D eigenvalue weighted by atomic mass is 32.2. The monoisotopic (exact) mass is 219 g/mol. The summed E-state index contributed by atoms with van der Waals surface area (Å²) in [5.41, 5.74) is 0. The first kappa shape index (κ1) is 12.0. The van der Waals surface area contributed by atoms with Crippen molar-refractivity contribution in [2.24, 2.45) is 5.92 Å². The summed E-state index contributed by atoms with van der Waals surface area (Å²) < 4.78 is 25.3. The van der Waals surface area contributed by atoms with Gasteiger partial charge in [-0.3, -0.25) is 0 Å². The second kappa shape index (κ2) is 4.62. The molecule has 0 bridgehead atoms. The Labute approximate surface area is 87.5 Å². The van der Waals surface area contributed by atoms with E-state index in [1.54, 1.807) is 4.31 Å². The molecule has 0 aromatic rings. The van der Waals surface area contributed by atoms with E-state index in [4.69, 9.17) is 0 Å². The van der Waals surface area contributed by atoms with E-state index >= 15 is 0 Å². The van der Waals surface area contributed by atoms with Crippen LogP contribution < -0.4 is 0 Å². The number of rotatable bonds is 3. The Balaban J connectivity index is 2.69. The summed E-state index contributed by atoms with van der Waals surface area (Å²) >= 11 is 0. The summed E-state index contributed by atoms with van der Waals surface area (Å²) in [6.07, 6.45) is 2.72. The maximum atomic E-state index is 11.8. The van der Waals surface area contributed by atoms with Crippen LogP contribution >= 0.6 is 0 Å². The predicted octanol–water partition coefficient (Wildman–Crippen LogP) is 1.85. The van der Waals surface area contributed by atoms with Crippen molar-refractivity contribution in [3.8, 4) is 0 Å². The number of hydrogen-bond donors (Lipinski definition) is 0. The molecule has 1 rings (SSSR count). The third-order valence-electron chi connectivity index (χ3n) is 2.90. The predicted molar refractivity (Wildman–Crippen MR) is 58.6 cm³/mol. The average Bonchev–Trinajstić information content (AvgIpc) is 2.02. The molecule has 1 saturated heterocycles. The maximum absolute atomic E-state index is 11.8. The number of hydrogen-bond acceptors (Lipinski definition) is 2. The minimum atomic E-state index is -2.97. The van der Waals surface area contributed by atoms with Crippen molar-refractivity contribution in [1.82, 2.24) is 4.31 Å². The van der Waals surface area contributed by atoms with E-state index in [2.05, 4.69) is 6.92 Å². The van der Waals surface area contributed by atoms with Crippen LogP contribution in [-0.4, -0.2) is 31.1 Å². The topological polar surface area (TPSA) is 37.4 Å². The van der Waals surface area contributed by atoms with Gasteiger partial charge >= 0.3 is 0 Å². The average molecular weight is 219 g/mol. The van der Waals surface area contributed by atoms with Crippen LogP contribution in [0.1, 0.15) is 40.0 Å². The zero-order chi connectivity index (χ0) is 10.8. The van der Waals surface area contributed by atoms with Gasteiger partial charge in [0.2, 0.25) is 10.0 Å². The highest BCUT2D eigenvalue weighted by molar-refractivity contribution is 7.89. The Kier molecular flexibility index (Phi) is 3.95. The molecule has 1 fully saturated rings. The lowest BCUT2D eigenvalue weighted by atomic mass is 9.95. The fraction of sp³-hybridized carbons (Fsp3) is 1.00. The minimum absolute atomic E-state index is 0.190. The Hall–Kier alpha value is -0.0900. The van der Waals surface area contributed by atoms with Crippen LogP contribution in [0.25, 0.3) is 0 Å².